The van der Waals surface area contributed by atoms with Crippen LogP contribution < -0.4 is 10.1 Å². The van der Waals surface area contributed by atoms with Crippen molar-refractivity contribution in [1.82, 2.24) is 14.9 Å². The molecule has 0 bridgehead atoms. The monoisotopic (exact) mass is 469 g/mol. The molecule has 0 fully saturated rings. The highest BCUT2D eigenvalue weighted by atomic mass is 16.5. The molecule has 0 aliphatic rings. The number of imidazole rings is 1. The molecule has 182 valence electrons. The Balaban J connectivity index is 1.31. The van der Waals surface area contributed by atoms with Gasteiger partial charge in [-0.15, -0.1) is 0 Å². The number of carbonyl (C=O) groups excluding carboxylic acids is 1. The number of nitrogens with one attached hydrogen (secondary N) is 1. The maximum atomic E-state index is 12.5. The SMILES string of the molecule is Cc1ccc(C)c(OCCCCn2c(CCNC(=O)Cc3ccccc3C)nc3ccccc32)c1. The van der Waals surface area contributed by atoms with E-state index < -0.39 is 0 Å². The average molecular weight is 470 g/mol. The zero-order valence-corrected chi connectivity index (χ0v) is 21.0. The van der Waals surface area contributed by atoms with Crippen LogP contribution in [0, 0.1) is 20.8 Å². The first-order valence-electron chi connectivity index (χ1n) is 12.5. The summed E-state index contributed by atoms with van der Waals surface area (Å²) in [6.45, 7) is 8.35. The van der Waals surface area contributed by atoms with E-state index in [4.69, 9.17) is 9.72 Å². The number of unbranched alkanes of at least 4 members (excludes halogenated alkanes) is 1. The molecule has 0 saturated heterocycles. The van der Waals surface area contributed by atoms with Crippen LogP contribution in [0.4, 0.5) is 0 Å². The van der Waals surface area contributed by atoms with E-state index in [9.17, 15) is 4.79 Å². The van der Waals surface area contributed by atoms with Crippen molar-refractivity contribution < 1.29 is 9.53 Å². The Morgan fingerprint density at radius 1 is 0.943 bits per heavy atom. The van der Waals surface area contributed by atoms with Gasteiger partial charge in [0.15, 0.2) is 0 Å². The summed E-state index contributed by atoms with van der Waals surface area (Å²) < 4.78 is 8.32. The quantitative estimate of drug-likeness (QED) is 0.286. The first-order valence-corrected chi connectivity index (χ1v) is 12.5. The molecule has 0 aliphatic heterocycles. The predicted molar refractivity (Wildman–Crippen MR) is 142 cm³/mol. The van der Waals surface area contributed by atoms with Crippen LogP contribution in [0.15, 0.2) is 66.7 Å². The number of rotatable bonds is 11. The zero-order chi connectivity index (χ0) is 24.6. The van der Waals surface area contributed by atoms with Gasteiger partial charge in [-0.2, -0.15) is 0 Å². The first-order chi connectivity index (χ1) is 17.0. The highest BCUT2D eigenvalue weighted by molar-refractivity contribution is 5.79. The molecule has 3 aromatic carbocycles. The Labute approximate surface area is 208 Å². The van der Waals surface area contributed by atoms with E-state index in [0.29, 0.717) is 26.0 Å². The summed E-state index contributed by atoms with van der Waals surface area (Å²) in [6.07, 6.45) is 3.07. The van der Waals surface area contributed by atoms with Gasteiger partial charge in [0.25, 0.3) is 0 Å². The second-order valence-electron chi connectivity index (χ2n) is 9.20. The van der Waals surface area contributed by atoms with Crippen LogP contribution in [0.25, 0.3) is 11.0 Å². The molecule has 1 N–H and O–H groups in total. The molecule has 0 atom stereocenters. The lowest BCUT2D eigenvalue weighted by atomic mass is 10.1. The maximum Gasteiger partial charge on any atom is 0.224 e. The highest BCUT2D eigenvalue weighted by Gasteiger charge is 2.11. The predicted octanol–water partition coefficient (Wildman–Crippen LogP) is 5.72. The molecular weight excluding hydrogens is 434 g/mol. The molecule has 5 heteroatoms. The van der Waals surface area contributed by atoms with E-state index >= 15 is 0 Å². The second-order valence-corrected chi connectivity index (χ2v) is 9.20. The van der Waals surface area contributed by atoms with Crippen molar-refractivity contribution in [2.75, 3.05) is 13.2 Å². The minimum atomic E-state index is 0.0468. The smallest absolute Gasteiger partial charge is 0.224 e. The number of carbonyl (C=O) groups is 1. The number of ether oxygens (including phenoxy) is 1. The van der Waals surface area contributed by atoms with Gasteiger partial charge >= 0.3 is 0 Å². The summed E-state index contributed by atoms with van der Waals surface area (Å²) in [5.41, 5.74) is 6.74. The number of nitrogens with zero attached hydrogens (tertiary/aromatic N) is 2. The van der Waals surface area contributed by atoms with Crippen LogP contribution >= 0.6 is 0 Å². The summed E-state index contributed by atoms with van der Waals surface area (Å²) >= 11 is 0. The average Bonchev–Trinajstić information content (AvgIpc) is 3.20. The number of fused-ring (bicyclic) bond motifs is 1. The van der Waals surface area contributed by atoms with Crippen LogP contribution in [0.1, 0.15) is 40.9 Å². The first kappa shape index (κ1) is 24.5. The zero-order valence-electron chi connectivity index (χ0n) is 21.0. The lowest BCUT2D eigenvalue weighted by Crippen LogP contribution is -2.28. The van der Waals surface area contributed by atoms with Crippen LogP contribution in [0.5, 0.6) is 5.75 Å². The van der Waals surface area contributed by atoms with Gasteiger partial charge in [-0.1, -0.05) is 48.5 Å². The number of hydrogen-bond donors (Lipinski definition) is 1. The Morgan fingerprint density at radius 3 is 2.60 bits per heavy atom. The van der Waals surface area contributed by atoms with Crippen LogP contribution in [0.3, 0.4) is 0 Å². The molecule has 0 spiro atoms. The van der Waals surface area contributed by atoms with Crippen LogP contribution in [0.2, 0.25) is 0 Å². The molecule has 5 nitrogen and oxygen atoms in total. The number of aromatic nitrogens is 2. The molecule has 1 heterocycles. The Kier molecular flexibility index (Phi) is 8.19. The number of aryl methyl sites for hydroxylation is 4. The minimum absolute atomic E-state index is 0.0468. The van der Waals surface area contributed by atoms with Crippen molar-refractivity contribution >= 4 is 16.9 Å². The summed E-state index contributed by atoms with van der Waals surface area (Å²) in [5.74, 6) is 2.03. The van der Waals surface area contributed by atoms with Crippen molar-refractivity contribution in [3.63, 3.8) is 0 Å². The number of benzene rings is 3. The van der Waals surface area contributed by atoms with Crippen molar-refractivity contribution in [2.45, 2.75) is 53.0 Å². The summed E-state index contributed by atoms with van der Waals surface area (Å²) in [5, 5.41) is 3.07. The van der Waals surface area contributed by atoms with Crippen LogP contribution in [-0.4, -0.2) is 28.6 Å². The highest BCUT2D eigenvalue weighted by Crippen LogP contribution is 2.20. The molecule has 4 rings (SSSR count). The van der Waals surface area contributed by atoms with E-state index in [0.717, 1.165) is 53.1 Å². The topological polar surface area (TPSA) is 56.1 Å². The normalized spacial score (nSPS) is 11.1. The molecule has 0 aliphatic carbocycles. The summed E-state index contributed by atoms with van der Waals surface area (Å²) in [6, 6.07) is 22.6. The van der Waals surface area contributed by atoms with Gasteiger partial charge in [0.05, 0.1) is 24.1 Å². The van der Waals surface area contributed by atoms with E-state index in [1.54, 1.807) is 0 Å². The van der Waals surface area contributed by atoms with Gasteiger partial charge in [0.2, 0.25) is 5.91 Å². The Morgan fingerprint density at radius 2 is 1.74 bits per heavy atom. The molecule has 4 aromatic rings. The molecule has 35 heavy (non-hydrogen) atoms. The second kappa shape index (κ2) is 11.7. The molecule has 0 radical (unpaired) electrons. The summed E-state index contributed by atoms with van der Waals surface area (Å²) in [7, 11) is 0. The molecule has 0 saturated carbocycles. The molecular formula is C30H35N3O2. The fraction of sp³-hybridized carbons (Fsp3) is 0.333. The van der Waals surface area contributed by atoms with Gasteiger partial charge < -0.3 is 14.6 Å². The fourth-order valence-corrected chi connectivity index (χ4v) is 4.34. The van der Waals surface area contributed by atoms with Gasteiger partial charge in [0, 0.05) is 19.5 Å². The van der Waals surface area contributed by atoms with E-state index in [1.807, 2.05) is 37.3 Å². The molecule has 0 unspecified atom stereocenters. The lowest BCUT2D eigenvalue weighted by Gasteiger charge is -2.12. The lowest BCUT2D eigenvalue weighted by molar-refractivity contribution is -0.120. The standard InChI is InChI=1S/C30H35N3O2/c1-22-14-15-24(3)28(20-22)35-19-9-8-18-33-27-13-7-6-12-26(27)32-29(33)16-17-31-30(34)21-25-11-5-4-10-23(25)2/h4-7,10-15,20H,8-9,16-19,21H2,1-3H3,(H,31,34). The Bertz CT molecular complexity index is 1290. The third-order valence-corrected chi connectivity index (χ3v) is 6.39. The van der Waals surface area contributed by atoms with Crippen molar-refractivity contribution in [1.29, 1.82) is 0 Å². The van der Waals surface area contributed by atoms with Gasteiger partial charge in [-0.25, -0.2) is 4.98 Å². The largest absolute Gasteiger partial charge is 0.493 e. The number of hydrogen-bond acceptors (Lipinski definition) is 3. The third-order valence-electron chi connectivity index (χ3n) is 6.39. The van der Waals surface area contributed by atoms with Crippen LogP contribution in [-0.2, 0) is 24.2 Å². The van der Waals surface area contributed by atoms with Crippen molar-refractivity contribution in [3.05, 3.63) is 94.8 Å². The molecule has 1 aromatic heterocycles. The van der Waals surface area contributed by atoms with E-state index in [1.165, 1.54) is 11.1 Å². The van der Waals surface area contributed by atoms with Crippen molar-refractivity contribution in [2.24, 2.45) is 0 Å². The van der Waals surface area contributed by atoms with Gasteiger partial charge in [-0.05, 0) is 74.1 Å². The van der Waals surface area contributed by atoms with Gasteiger partial charge in [-0.3, -0.25) is 4.79 Å². The number of amides is 1. The molecule has 1 amide bonds. The van der Waals surface area contributed by atoms with Gasteiger partial charge in [0.1, 0.15) is 11.6 Å². The maximum absolute atomic E-state index is 12.5. The summed E-state index contributed by atoms with van der Waals surface area (Å²) in [4.78, 5) is 17.3. The third kappa shape index (κ3) is 6.50. The minimum Gasteiger partial charge on any atom is -0.493 e. The fourth-order valence-electron chi connectivity index (χ4n) is 4.34. The van der Waals surface area contributed by atoms with E-state index in [2.05, 4.69) is 60.1 Å². The van der Waals surface area contributed by atoms with E-state index in [-0.39, 0.29) is 5.91 Å². The number of para-hydroxylation sites is 2. The van der Waals surface area contributed by atoms with Crippen molar-refractivity contribution in [3.8, 4) is 5.75 Å². The Hall–Kier alpha value is -3.60.